The number of thiophene rings is 1. The minimum absolute atomic E-state index is 0.450. The van der Waals surface area contributed by atoms with E-state index in [2.05, 4.69) is 35.5 Å². The van der Waals surface area contributed by atoms with E-state index in [1.165, 1.54) is 6.33 Å². The van der Waals surface area contributed by atoms with Crippen molar-refractivity contribution in [2.24, 2.45) is 10.2 Å². The molecule has 0 unspecified atom stereocenters. The molecule has 1 N–H and O–H groups in total. The minimum Gasteiger partial charge on any atom is -0.348 e. The Morgan fingerprint density at radius 2 is 2.16 bits per heavy atom. The van der Waals surface area contributed by atoms with Gasteiger partial charge in [0, 0.05) is 5.69 Å². The van der Waals surface area contributed by atoms with Gasteiger partial charge < -0.3 is 4.98 Å². The first-order valence-corrected chi connectivity index (χ1v) is 6.69. The predicted octanol–water partition coefficient (Wildman–Crippen LogP) is 3.32. The van der Waals surface area contributed by atoms with Crippen molar-refractivity contribution >= 4 is 27.4 Å². The van der Waals surface area contributed by atoms with Crippen molar-refractivity contribution in [1.29, 1.82) is 0 Å². The molecule has 0 aliphatic rings. The zero-order valence-corrected chi connectivity index (χ0v) is 11.4. The lowest BCUT2D eigenvalue weighted by Gasteiger charge is -1.94. The molecule has 0 radical (unpaired) electrons. The third kappa shape index (κ3) is 2.24. The fraction of sp³-hybridized carbons (Fsp3) is 0.250. The molecule has 6 nitrogen and oxygen atoms in total. The predicted molar refractivity (Wildman–Crippen MR) is 73.7 cm³/mol. The Labute approximate surface area is 113 Å². The van der Waals surface area contributed by atoms with E-state index in [1.807, 2.05) is 13.8 Å². The number of fused-ring (bicyclic) bond motifs is 1. The van der Waals surface area contributed by atoms with E-state index in [0.717, 1.165) is 27.2 Å². The van der Waals surface area contributed by atoms with Gasteiger partial charge in [-0.3, -0.25) is 0 Å². The number of hydrogen-bond acceptors (Lipinski definition) is 6. The molecule has 0 fully saturated rings. The SMILES string of the molecule is Cc1[nH]cnc1CN=Nc1ncnc2c(C)csc12. The Kier molecular flexibility index (Phi) is 3.04. The highest BCUT2D eigenvalue weighted by atomic mass is 32.1. The highest BCUT2D eigenvalue weighted by Gasteiger charge is 2.07. The largest absolute Gasteiger partial charge is 0.348 e. The van der Waals surface area contributed by atoms with Gasteiger partial charge in [0.2, 0.25) is 0 Å². The molecule has 0 aliphatic carbocycles. The summed E-state index contributed by atoms with van der Waals surface area (Å²) in [5.74, 6) is 0.622. The Morgan fingerprint density at radius 3 is 2.95 bits per heavy atom. The van der Waals surface area contributed by atoms with Gasteiger partial charge in [0.25, 0.3) is 0 Å². The number of aryl methyl sites for hydroxylation is 2. The molecule has 0 atom stereocenters. The van der Waals surface area contributed by atoms with Crippen molar-refractivity contribution in [1.82, 2.24) is 19.9 Å². The standard InChI is InChI=1S/C12H12N6S/c1-7-4-19-11-10(7)15-6-16-12(11)18-17-3-9-8(2)13-5-14-9/h4-6H,3H2,1-2H3,(H,13,14). The van der Waals surface area contributed by atoms with E-state index in [-0.39, 0.29) is 0 Å². The third-order valence-corrected chi connectivity index (χ3v) is 3.92. The number of rotatable bonds is 3. The molecule has 3 heterocycles. The van der Waals surface area contributed by atoms with E-state index in [4.69, 9.17) is 0 Å². The number of azo groups is 1. The van der Waals surface area contributed by atoms with Crippen molar-refractivity contribution in [2.45, 2.75) is 20.4 Å². The first kappa shape index (κ1) is 11.9. The summed E-state index contributed by atoms with van der Waals surface area (Å²) >= 11 is 1.59. The molecule has 19 heavy (non-hydrogen) atoms. The molecule has 0 spiro atoms. The minimum atomic E-state index is 0.450. The zero-order chi connectivity index (χ0) is 13.2. The molecule has 0 saturated heterocycles. The molecule has 0 saturated carbocycles. The quantitative estimate of drug-likeness (QED) is 0.743. The van der Waals surface area contributed by atoms with Crippen LogP contribution in [0.25, 0.3) is 10.2 Å². The Bertz CT molecular complexity index is 742. The summed E-state index contributed by atoms with van der Waals surface area (Å²) in [5.41, 5.74) is 4.00. The van der Waals surface area contributed by atoms with Gasteiger partial charge in [0.05, 0.1) is 22.2 Å². The van der Waals surface area contributed by atoms with Gasteiger partial charge in [-0.2, -0.15) is 5.11 Å². The van der Waals surface area contributed by atoms with Gasteiger partial charge in [0.1, 0.15) is 12.9 Å². The summed E-state index contributed by atoms with van der Waals surface area (Å²) in [6.45, 7) is 4.44. The molecule has 3 aromatic heterocycles. The van der Waals surface area contributed by atoms with Crippen LogP contribution in [0.3, 0.4) is 0 Å². The van der Waals surface area contributed by atoms with Crippen molar-refractivity contribution < 1.29 is 0 Å². The van der Waals surface area contributed by atoms with Crippen LogP contribution in [0, 0.1) is 13.8 Å². The summed E-state index contributed by atoms with van der Waals surface area (Å²) in [7, 11) is 0. The second-order valence-corrected chi connectivity index (χ2v) is 5.05. The van der Waals surface area contributed by atoms with Gasteiger partial charge in [0.15, 0.2) is 5.82 Å². The van der Waals surface area contributed by atoms with Gasteiger partial charge in [-0.15, -0.1) is 16.5 Å². The maximum atomic E-state index is 4.25. The number of imidazole rings is 1. The van der Waals surface area contributed by atoms with E-state index < -0.39 is 0 Å². The molecule has 96 valence electrons. The van der Waals surface area contributed by atoms with E-state index in [0.29, 0.717) is 12.4 Å². The highest BCUT2D eigenvalue weighted by molar-refractivity contribution is 7.17. The Hall–Kier alpha value is -2.15. The third-order valence-electron chi connectivity index (χ3n) is 2.83. The van der Waals surface area contributed by atoms with E-state index in [9.17, 15) is 0 Å². The number of H-pyrrole nitrogens is 1. The molecule has 0 aliphatic heterocycles. The molecule has 3 rings (SSSR count). The van der Waals surface area contributed by atoms with Gasteiger partial charge >= 0.3 is 0 Å². The lowest BCUT2D eigenvalue weighted by molar-refractivity contribution is 0.908. The van der Waals surface area contributed by atoms with Gasteiger partial charge in [-0.25, -0.2) is 15.0 Å². The number of hydrogen-bond donors (Lipinski definition) is 1. The average Bonchev–Trinajstić information content (AvgIpc) is 2.98. The van der Waals surface area contributed by atoms with Crippen LogP contribution < -0.4 is 0 Å². The molecule has 3 aromatic rings. The summed E-state index contributed by atoms with van der Waals surface area (Å²) in [4.78, 5) is 15.6. The lowest BCUT2D eigenvalue weighted by atomic mass is 10.3. The maximum Gasteiger partial charge on any atom is 0.195 e. The lowest BCUT2D eigenvalue weighted by Crippen LogP contribution is -1.84. The van der Waals surface area contributed by atoms with Crippen LogP contribution in [0.15, 0.2) is 28.3 Å². The first-order chi connectivity index (χ1) is 9.25. The van der Waals surface area contributed by atoms with Crippen molar-refractivity contribution in [3.8, 4) is 0 Å². The second-order valence-electron chi connectivity index (χ2n) is 4.17. The van der Waals surface area contributed by atoms with Crippen LogP contribution in [0.4, 0.5) is 5.82 Å². The smallest absolute Gasteiger partial charge is 0.195 e. The van der Waals surface area contributed by atoms with Crippen LogP contribution in [-0.4, -0.2) is 19.9 Å². The van der Waals surface area contributed by atoms with Crippen LogP contribution >= 0.6 is 11.3 Å². The Balaban J connectivity index is 1.87. The molecular formula is C12H12N6S. The number of aromatic nitrogens is 4. The van der Waals surface area contributed by atoms with Crippen molar-refractivity contribution in [3.05, 3.63) is 35.0 Å². The number of nitrogens with one attached hydrogen (secondary N) is 1. The molecule has 0 aromatic carbocycles. The van der Waals surface area contributed by atoms with Crippen LogP contribution in [0.2, 0.25) is 0 Å². The maximum absolute atomic E-state index is 4.25. The monoisotopic (exact) mass is 272 g/mol. The summed E-state index contributed by atoms with van der Waals surface area (Å²) < 4.78 is 0.975. The summed E-state index contributed by atoms with van der Waals surface area (Å²) in [6.07, 6.45) is 3.18. The average molecular weight is 272 g/mol. The Morgan fingerprint density at radius 1 is 1.26 bits per heavy atom. The van der Waals surface area contributed by atoms with Crippen LogP contribution in [0.5, 0.6) is 0 Å². The number of aromatic amines is 1. The summed E-state index contributed by atoms with van der Waals surface area (Å²) in [6, 6.07) is 0. The van der Waals surface area contributed by atoms with Gasteiger partial charge in [-0.05, 0) is 24.8 Å². The highest BCUT2D eigenvalue weighted by Crippen LogP contribution is 2.30. The van der Waals surface area contributed by atoms with Crippen molar-refractivity contribution in [3.63, 3.8) is 0 Å². The van der Waals surface area contributed by atoms with E-state index in [1.54, 1.807) is 17.7 Å². The van der Waals surface area contributed by atoms with Crippen LogP contribution in [0.1, 0.15) is 17.0 Å². The van der Waals surface area contributed by atoms with Crippen LogP contribution in [-0.2, 0) is 6.54 Å². The number of nitrogens with zero attached hydrogens (tertiary/aromatic N) is 5. The molecule has 7 heteroatoms. The zero-order valence-electron chi connectivity index (χ0n) is 10.6. The fourth-order valence-electron chi connectivity index (χ4n) is 1.74. The first-order valence-electron chi connectivity index (χ1n) is 5.81. The second kappa shape index (κ2) is 4.85. The molecule has 0 bridgehead atoms. The fourth-order valence-corrected chi connectivity index (χ4v) is 2.67. The van der Waals surface area contributed by atoms with Gasteiger partial charge in [-0.1, -0.05) is 0 Å². The molecular weight excluding hydrogens is 260 g/mol. The topological polar surface area (TPSA) is 79.2 Å². The van der Waals surface area contributed by atoms with E-state index >= 15 is 0 Å². The normalized spacial score (nSPS) is 11.7. The van der Waals surface area contributed by atoms with Crippen molar-refractivity contribution in [2.75, 3.05) is 0 Å². The molecule has 0 amide bonds. The summed E-state index contributed by atoms with van der Waals surface area (Å²) in [5, 5.41) is 10.4.